The molecule has 0 fully saturated rings. The third-order valence-corrected chi connectivity index (χ3v) is 5.34. The number of halogens is 1. The first-order valence-electron chi connectivity index (χ1n) is 9.33. The maximum atomic E-state index is 12.7. The number of nitrogens with one attached hydrogen (secondary N) is 1. The van der Waals surface area contributed by atoms with Crippen molar-refractivity contribution in [3.8, 4) is 11.8 Å². The molecule has 0 bridgehead atoms. The van der Waals surface area contributed by atoms with Gasteiger partial charge < -0.3 is 9.88 Å². The molecular formula is C24H22BrN3O. The van der Waals surface area contributed by atoms with Crippen molar-refractivity contribution >= 4 is 27.9 Å². The van der Waals surface area contributed by atoms with Crippen LogP contribution in [0.4, 0.5) is 0 Å². The number of aryl methyl sites for hydroxylation is 1. The van der Waals surface area contributed by atoms with Gasteiger partial charge in [0.25, 0.3) is 5.91 Å². The molecule has 0 aliphatic carbocycles. The second-order valence-corrected chi connectivity index (χ2v) is 7.83. The third kappa shape index (κ3) is 4.67. The zero-order valence-corrected chi connectivity index (χ0v) is 18.2. The van der Waals surface area contributed by atoms with E-state index in [1.165, 1.54) is 0 Å². The molecule has 0 saturated carbocycles. The lowest BCUT2D eigenvalue weighted by molar-refractivity contribution is -0.117. The SMILES string of the molecule is Cc1cc(/C=C(/C#N)C(=O)N[C@@H](C)c2ccccc2)c(C)n1-c1cccc(Br)c1. The lowest BCUT2D eigenvalue weighted by atomic mass is 10.1. The molecule has 1 atom stereocenters. The summed E-state index contributed by atoms with van der Waals surface area (Å²) in [5.41, 5.74) is 4.95. The van der Waals surface area contributed by atoms with Crippen LogP contribution in [0, 0.1) is 25.2 Å². The normalized spacial score (nSPS) is 12.3. The molecule has 4 nitrogen and oxygen atoms in total. The lowest BCUT2D eigenvalue weighted by Crippen LogP contribution is -2.27. The van der Waals surface area contributed by atoms with Gasteiger partial charge in [-0.25, -0.2) is 0 Å². The Balaban J connectivity index is 1.89. The van der Waals surface area contributed by atoms with E-state index in [9.17, 15) is 10.1 Å². The van der Waals surface area contributed by atoms with Crippen LogP contribution in [0.25, 0.3) is 11.8 Å². The molecule has 0 saturated heterocycles. The predicted molar refractivity (Wildman–Crippen MR) is 120 cm³/mol. The molecule has 1 aromatic heterocycles. The van der Waals surface area contributed by atoms with E-state index >= 15 is 0 Å². The van der Waals surface area contributed by atoms with E-state index in [4.69, 9.17) is 0 Å². The first kappa shape index (κ1) is 20.6. The smallest absolute Gasteiger partial charge is 0.262 e. The molecule has 1 N–H and O–H groups in total. The quantitative estimate of drug-likeness (QED) is 0.406. The Morgan fingerprint density at radius 2 is 1.86 bits per heavy atom. The third-order valence-electron chi connectivity index (χ3n) is 4.85. The van der Waals surface area contributed by atoms with Gasteiger partial charge in [-0.05, 0) is 62.2 Å². The summed E-state index contributed by atoms with van der Waals surface area (Å²) in [4.78, 5) is 12.7. The van der Waals surface area contributed by atoms with Crippen molar-refractivity contribution in [1.29, 1.82) is 5.26 Å². The zero-order chi connectivity index (χ0) is 21.0. The van der Waals surface area contributed by atoms with Crippen molar-refractivity contribution in [3.63, 3.8) is 0 Å². The van der Waals surface area contributed by atoms with Gasteiger partial charge in [-0.2, -0.15) is 5.26 Å². The molecule has 0 radical (unpaired) electrons. The fourth-order valence-electron chi connectivity index (χ4n) is 3.35. The largest absolute Gasteiger partial charge is 0.345 e. The molecule has 29 heavy (non-hydrogen) atoms. The fourth-order valence-corrected chi connectivity index (χ4v) is 3.74. The standard InChI is InChI=1S/C24H22BrN3O/c1-16-12-20(18(3)28(16)23-11-7-10-22(25)14-23)13-21(15-26)24(29)27-17(2)19-8-5-4-6-9-19/h4-14,17H,1-3H3,(H,27,29)/b21-13-/t17-/m0/s1. The topological polar surface area (TPSA) is 57.8 Å². The molecule has 1 heterocycles. The number of nitrogens with zero attached hydrogens (tertiary/aromatic N) is 2. The van der Waals surface area contributed by atoms with E-state index in [-0.39, 0.29) is 17.5 Å². The van der Waals surface area contributed by atoms with E-state index < -0.39 is 0 Å². The van der Waals surface area contributed by atoms with Crippen LogP contribution in [0.1, 0.15) is 35.5 Å². The monoisotopic (exact) mass is 447 g/mol. The summed E-state index contributed by atoms with van der Waals surface area (Å²) in [5.74, 6) is -0.379. The molecule has 3 aromatic rings. The summed E-state index contributed by atoms with van der Waals surface area (Å²) >= 11 is 3.51. The number of rotatable bonds is 5. The van der Waals surface area contributed by atoms with Gasteiger partial charge in [0.2, 0.25) is 0 Å². The highest BCUT2D eigenvalue weighted by atomic mass is 79.9. The number of hydrogen-bond acceptors (Lipinski definition) is 2. The Bertz CT molecular complexity index is 1110. The van der Waals surface area contributed by atoms with Gasteiger partial charge in [0.05, 0.1) is 6.04 Å². The lowest BCUT2D eigenvalue weighted by Gasteiger charge is -2.13. The zero-order valence-electron chi connectivity index (χ0n) is 16.6. The molecule has 0 unspecified atom stereocenters. The van der Waals surface area contributed by atoms with Crippen molar-refractivity contribution in [3.05, 3.63) is 93.2 Å². The van der Waals surface area contributed by atoms with Gasteiger partial charge in [0, 0.05) is 21.5 Å². The first-order valence-corrected chi connectivity index (χ1v) is 10.1. The number of carbonyl (C=O) groups excluding carboxylic acids is 1. The van der Waals surface area contributed by atoms with Crippen LogP contribution in [0.5, 0.6) is 0 Å². The van der Waals surface area contributed by atoms with Crippen LogP contribution in [-0.2, 0) is 4.79 Å². The average Bonchev–Trinajstić information content (AvgIpc) is 2.99. The fraction of sp³-hybridized carbons (Fsp3) is 0.167. The van der Waals surface area contributed by atoms with Gasteiger partial charge >= 0.3 is 0 Å². The number of benzene rings is 2. The number of nitriles is 1. The van der Waals surface area contributed by atoms with Gasteiger partial charge in [-0.3, -0.25) is 4.79 Å². The molecule has 146 valence electrons. The van der Waals surface area contributed by atoms with Crippen LogP contribution in [0.2, 0.25) is 0 Å². The van der Waals surface area contributed by atoms with Crippen molar-refractivity contribution < 1.29 is 4.79 Å². The van der Waals surface area contributed by atoms with Crippen molar-refractivity contribution in [2.45, 2.75) is 26.8 Å². The van der Waals surface area contributed by atoms with Crippen LogP contribution < -0.4 is 5.32 Å². The molecule has 1 amide bonds. The second kappa shape index (κ2) is 8.93. The van der Waals surface area contributed by atoms with E-state index in [1.807, 2.05) is 87.5 Å². The highest BCUT2D eigenvalue weighted by molar-refractivity contribution is 9.10. The van der Waals surface area contributed by atoms with Gasteiger partial charge in [0.15, 0.2) is 0 Å². The average molecular weight is 448 g/mol. The number of hydrogen-bond donors (Lipinski definition) is 1. The number of aromatic nitrogens is 1. The predicted octanol–water partition coefficient (Wildman–Crippen LogP) is 5.64. The first-order chi connectivity index (χ1) is 13.9. The Hall–Kier alpha value is -3.10. The second-order valence-electron chi connectivity index (χ2n) is 6.92. The molecule has 5 heteroatoms. The van der Waals surface area contributed by atoms with Crippen LogP contribution in [-0.4, -0.2) is 10.5 Å². The molecule has 2 aromatic carbocycles. The Labute approximate surface area is 179 Å². The Morgan fingerprint density at radius 1 is 1.14 bits per heavy atom. The summed E-state index contributed by atoms with van der Waals surface area (Å²) in [6.45, 7) is 5.90. The minimum Gasteiger partial charge on any atom is -0.345 e. The molecule has 0 aliphatic heterocycles. The molecule has 0 spiro atoms. The highest BCUT2D eigenvalue weighted by Crippen LogP contribution is 2.25. The maximum Gasteiger partial charge on any atom is 0.262 e. The minimum atomic E-state index is -0.379. The summed E-state index contributed by atoms with van der Waals surface area (Å²) in [6.07, 6.45) is 1.66. The van der Waals surface area contributed by atoms with E-state index in [2.05, 4.69) is 25.8 Å². The summed E-state index contributed by atoms with van der Waals surface area (Å²) in [5, 5.41) is 12.5. The van der Waals surface area contributed by atoms with Gasteiger partial charge in [-0.15, -0.1) is 0 Å². The van der Waals surface area contributed by atoms with Crippen LogP contribution >= 0.6 is 15.9 Å². The van der Waals surface area contributed by atoms with Crippen LogP contribution in [0.3, 0.4) is 0 Å². The highest BCUT2D eigenvalue weighted by Gasteiger charge is 2.16. The van der Waals surface area contributed by atoms with Crippen LogP contribution in [0.15, 0.2) is 70.7 Å². The minimum absolute atomic E-state index is 0.0854. The Morgan fingerprint density at radius 3 is 2.52 bits per heavy atom. The van der Waals surface area contributed by atoms with Crippen molar-refractivity contribution in [1.82, 2.24) is 9.88 Å². The summed E-state index contributed by atoms with van der Waals surface area (Å²) in [7, 11) is 0. The maximum absolute atomic E-state index is 12.7. The summed E-state index contributed by atoms with van der Waals surface area (Å²) in [6, 6.07) is 21.5. The number of carbonyl (C=O) groups is 1. The van der Waals surface area contributed by atoms with Crippen molar-refractivity contribution in [2.24, 2.45) is 0 Å². The molecule has 0 aliphatic rings. The van der Waals surface area contributed by atoms with E-state index in [0.717, 1.165) is 32.7 Å². The van der Waals surface area contributed by atoms with Gasteiger partial charge in [0.1, 0.15) is 11.6 Å². The van der Waals surface area contributed by atoms with Gasteiger partial charge in [-0.1, -0.05) is 52.3 Å². The van der Waals surface area contributed by atoms with Crippen molar-refractivity contribution in [2.75, 3.05) is 0 Å². The van der Waals surface area contributed by atoms with E-state index in [1.54, 1.807) is 6.08 Å². The molecular weight excluding hydrogens is 426 g/mol. The summed E-state index contributed by atoms with van der Waals surface area (Å²) < 4.78 is 3.10. The molecule has 3 rings (SSSR count). The van der Waals surface area contributed by atoms with E-state index in [0.29, 0.717) is 0 Å². The number of amides is 1. The Kier molecular flexibility index (Phi) is 6.36.